The molecule has 4 nitrogen and oxygen atoms in total. The van der Waals surface area contributed by atoms with Crippen LogP contribution in [0.15, 0.2) is 24.4 Å². The Bertz CT molecular complexity index is 648. The summed E-state index contributed by atoms with van der Waals surface area (Å²) in [5.41, 5.74) is 0.649. The van der Waals surface area contributed by atoms with Gasteiger partial charge in [-0.1, -0.05) is 24.9 Å². The molecule has 1 heterocycles. The van der Waals surface area contributed by atoms with Crippen LogP contribution in [0, 0.1) is 3.57 Å². The van der Waals surface area contributed by atoms with Crippen molar-refractivity contribution in [3.63, 3.8) is 0 Å². The van der Waals surface area contributed by atoms with Crippen molar-refractivity contribution in [3.05, 3.63) is 33.0 Å². The zero-order valence-electron chi connectivity index (χ0n) is 11.6. The quantitative estimate of drug-likeness (QED) is 0.400. The van der Waals surface area contributed by atoms with Gasteiger partial charge in [-0.3, -0.25) is 4.98 Å². The first-order valence-electron chi connectivity index (χ1n) is 6.64. The van der Waals surface area contributed by atoms with Gasteiger partial charge in [0, 0.05) is 11.6 Å². The molecule has 0 fully saturated rings. The summed E-state index contributed by atoms with van der Waals surface area (Å²) < 4.78 is 11.5. The van der Waals surface area contributed by atoms with E-state index in [2.05, 4.69) is 27.6 Å². The molecule has 0 aliphatic carbocycles. The molecule has 21 heavy (non-hydrogen) atoms. The maximum absolute atomic E-state index is 11.6. The molecule has 0 unspecified atom stereocenters. The van der Waals surface area contributed by atoms with Gasteiger partial charge in [0.25, 0.3) is 0 Å². The number of benzene rings is 1. The topological polar surface area (TPSA) is 48.4 Å². The van der Waals surface area contributed by atoms with E-state index >= 15 is 0 Å². The lowest BCUT2D eigenvalue weighted by atomic mass is 10.2. The number of fused-ring (bicyclic) bond motifs is 1. The Hall–Kier alpha value is -1.08. The van der Waals surface area contributed by atoms with Crippen molar-refractivity contribution in [1.29, 1.82) is 0 Å². The first kappa shape index (κ1) is 16.3. The first-order chi connectivity index (χ1) is 10.1. The molecule has 0 radical (unpaired) electrons. The summed E-state index contributed by atoms with van der Waals surface area (Å²) in [5.74, 6) is 0.182. The fourth-order valence-electron chi connectivity index (χ4n) is 1.79. The molecular weight excluding hydrogens is 405 g/mol. The highest BCUT2D eigenvalue weighted by molar-refractivity contribution is 14.1. The Labute approximate surface area is 141 Å². The Kier molecular flexibility index (Phi) is 6.05. The minimum atomic E-state index is -0.377. The van der Waals surface area contributed by atoms with Crippen LogP contribution < -0.4 is 4.74 Å². The van der Waals surface area contributed by atoms with Gasteiger partial charge in [-0.05, 0) is 47.2 Å². The molecule has 1 aromatic heterocycles. The second-order valence-corrected chi connectivity index (χ2v) is 6.00. The molecule has 0 saturated heterocycles. The van der Waals surface area contributed by atoms with Crippen LogP contribution in [-0.4, -0.2) is 24.2 Å². The van der Waals surface area contributed by atoms with Crippen molar-refractivity contribution < 1.29 is 14.3 Å². The maximum atomic E-state index is 11.6. The fourth-order valence-corrected chi connectivity index (χ4v) is 2.96. The van der Waals surface area contributed by atoms with Gasteiger partial charge in [0.15, 0.2) is 12.4 Å². The van der Waals surface area contributed by atoms with Crippen molar-refractivity contribution in [3.8, 4) is 5.75 Å². The Morgan fingerprint density at radius 2 is 2.29 bits per heavy atom. The maximum Gasteiger partial charge on any atom is 0.344 e. The molecule has 0 atom stereocenters. The number of aromatic nitrogens is 1. The third kappa shape index (κ3) is 4.20. The van der Waals surface area contributed by atoms with Gasteiger partial charge in [-0.15, -0.1) is 0 Å². The molecule has 1 aromatic carbocycles. The minimum absolute atomic E-state index is 0.132. The van der Waals surface area contributed by atoms with Gasteiger partial charge < -0.3 is 9.47 Å². The van der Waals surface area contributed by atoms with E-state index in [1.165, 1.54) is 0 Å². The molecule has 0 spiro atoms. The number of pyridine rings is 1. The summed E-state index contributed by atoms with van der Waals surface area (Å²) in [6, 6.07) is 5.47. The number of hydrogen-bond donors (Lipinski definition) is 0. The number of ether oxygens (including phenoxy) is 2. The van der Waals surface area contributed by atoms with E-state index in [4.69, 9.17) is 21.1 Å². The van der Waals surface area contributed by atoms with Gasteiger partial charge in [-0.2, -0.15) is 0 Å². The highest BCUT2D eigenvalue weighted by Crippen LogP contribution is 2.34. The van der Waals surface area contributed by atoms with E-state index in [0.29, 0.717) is 22.9 Å². The molecule has 2 aromatic rings. The largest absolute Gasteiger partial charge is 0.478 e. The normalized spacial score (nSPS) is 10.6. The van der Waals surface area contributed by atoms with Crippen LogP contribution in [0.4, 0.5) is 0 Å². The minimum Gasteiger partial charge on any atom is -0.478 e. The molecule has 0 saturated carbocycles. The van der Waals surface area contributed by atoms with Crippen LogP contribution in [0.25, 0.3) is 10.9 Å². The van der Waals surface area contributed by atoms with Crippen LogP contribution in [0.1, 0.15) is 19.8 Å². The van der Waals surface area contributed by atoms with Gasteiger partial charge in [0.2, 0.25) is 0 Å². The van der Waals surface area contributed by atoms with E-state index in [-0.39, 0.29) is 12.6 Å². The van der Waals surface area contributed by atoms with Crippen molar-refractivity contribution in [2.24, 2.45) is 0 Å². The third-order valence-electron chi connectivity index (χ3n) is 2.85. The van der Waals surface area contributed by atoms with Crippen molar-refractivity contribution >= 4 is 51.1 Å². The number of carbonyl (C=O) groups is 1. The summed E-state index contributed by atoms with van der Waals surface area (Å²) in [6.45, 7) is 2.33. The monoisotopic (exact) mass is 419 g/mol. The van der Waals surface area contributed by atoms with E-state index in [0.717, 1.165) is 21.8 Å². The highest BCUT2D eigenvalue weighted by atomic mass is 127. The summed E-state index contributed by atoms with van der Waals surface area (Å²) in [7, 11) is 0. The second kappa shape index (κ2) is 7.79. The number of halogens is 2. The zero-order chi connectivity index (χ0) is 15.2. The van der Waals surface area contributed by atoms with Crippen LogP contribution in [0.3, 0.4) is 0 Å². The number of rotatable bonds is 6. The molecule has 0 amide bonds. The van der Waals surface area contributed by atoms with Gasteiger partial charge in [-0.25, -0.2) is 4.79 Å². The van der Waals surface area contributed by atoms with Crippen molar-refractivity contribution in [1.82, 2.24) is 4.98 Å². The predicted molar refractivity (Wildman–Crippen MR) is 90.8 cm³/mol. The van der Waals surface area contributed by atoms with Gasteiger partial charge in [0.05, 0.1) is 15.2 Å². The zero-order valence-corrected chi connectivity index (χ0v) is 14.5. The molecule has 112 valence electrons. The van der Waals surface area contributed by atoms with Crippen LogP contribution in [0.2, 0.25) is 5.02 Å². The van der Waals surface area contributed by atoms with E-state index < -0.39 is 0 Å². The number of nitrogens with zero attached hydrogens (tertiary/aromatic N) is 1. The van der Waals surface area contributed by atoms with Crippen LogP contribution in [0.5, 0.6) is 5.75 Å². The molecule has 0 N–H and O–H groups in total. The lowest BCUT2D eigenvalue weighted by Crippen LogP contribution is -2.16. The molecule has 6 heteroatoms. The molecule has 0 aliphatic rings. The number of carbonyl (C=O) groups excluding carboxylic acids is 1. The highest BCUT2D eigenvalue weighted by Gasteiger charge is 2.14. The Morgan fingerprint density at radius 1 is 1.48 bits per heavy atom. The summed E-state index contributed by atoms with van der Waals surface area (Å²) in [6.07, 6.45) is 3.51. The van der Waals surface area contributed by atoms with Gasteiger partial charge >= 0.3 is 5.97 Å². The van der Waals surface area contributed by atoms with E-state index in [1.54, 1.807) is 12.3 Å². The van der Waals surface area contributed by atoms with E-state index in [1.807, 2.05) is 19.1 Å². The second-order valence-electron chi connectivity index (χ2n) is 4.43. The molecule has 0 bridgehead atoms. The SMILES string of the molecule is CCCCOC(=O)COc1c(I)cc(Cl)c2cccnc12. The number of hydrogen-bond acceptors (Lipinski definition) is 4. The summed E-state index contributed by atoms with van der Waals surface area (Å²) in [5, 5.41) is 1.41. The van der Waals surface area contributed by atoms with Crippen LogP contribution >= 0.6 is 34.2 Å². The molecule has 2 rings (SSSR count). The molecule has 0 aliphatic heterocycles. The summed E-state index contributed by atoms with van der Waals surface area (Å²) in [4.78, 5) is 15.9. The molecular formula is C15H15ClINO3. The number of esters is 1. The third-order valence-corrected chi connectivity index (χ3v) is 3.96. The first-order valence-corrected chi connectivity index (χ1v) is 8.10. The standard InChI is InChI=1S/C15H15ClINO3/c1-2-3-7-20-13(19)9-21-15-12(17)8-11(16)10-5-4-6-18-14(10)15/h4-6,8H,2-3,7,9H2,1H3. The van der Waals surface area contributed by atoms with Crippen molar-refractivity contribution in [2.75, 3.05) is 13.2 Å². The lowest BCUT2D eigenvalue weighted by Gasteiger charge is -2.11. The average Bonchev–Trinajstić information content (AvgIpc) is 2.47. The van der Waals surface area contributed by atoms with Crippen LogP contribution in [-0.2, 0) is 9.53 Å². The predicted octanol–water partition coefficient (Wildman–Crippen LogP) is 4.21. The van der Waals surface area contributed by atoms with Gasteiger partial charge in [0.1, 0.15) is 5.52 Å². The smallest absolute Gasteiger partial charge is 0.344 e. The summed E-state index contributed by atoms with van der Waals surface area (Å²) >= 11 is 8.30. The van der Waals surface area contributed by atoms with E-state index in [9.17, 15) is 4.79 Å². The fraction of sp³-hybridized carbons (Fsp3) is 0.333. The number of unbranched alkanes of at least 4 members (excludes halogenated alkanes) is 1. The Balaban J connectivity index is 2.13. The van der Waals surface area contributed by atoms with Crippen molar-refractivity contribution in [2.45, 2.75) is 19.8 Å². The Morgan fingerprint density at radius 3 is 3.05 bits per heavy atom. The average molecular weight is 420 g/mol. The lowest BCUT2D eigenvalue weighted by molar-refractivity contribution is -0.146.